The zero-order valence-corrected chi connectivity index (χ0v) is 14.1. The van der Waals surface area contributed by atoms with E-state index in [0.717, 1.165) is 12.8 Å². The Hall–Kier alpha value is -1.82. The highest BCUT2D eigenvalue weighted by Crippen LogP contribution is 2.29. The monoisotopic (exact) mass is 292 g/mol. The standard InChI is InChI=1S/C22H28/c1-4-6-12-19-14-8-10-16-21(19)18(3)22-17-11-9-15-20(22)13-7-5-2/h8-11,14-17H,3-7,12-13H2,1-2H3. The summed E-state index contributed by atoms with van der Waals surface area (Å²) in [6.07, 6.45) is 7.22. The Morgan fingerprint density at radius 3 is 1.55 bits per heavy atom. The Morgan fingerprint density at radius 2 is 1.14 bits per heavy atom. The molecule has 0 aliphatic rings. The van der Waals surface area contributed by atoms with E-state index in [1.54, 1.807) is 0 Å². The SMILES string of the molecule is C=C(c1ccccc1CCCC)c1ccccc1CCCC. The molecule has 0 N–H and O–H groups in total. The van der Waals surface area contributed by atoms with Gasteiger partial charge in [0.05, 0.1) is 0 Å². The molecular formula is C22H28. The number of hydrogen-bond acceptors (Lipinski definition) is 0. The van der Waals surface area contributed by atoms with Crippen LogP contribution in [0.5, 0.6) is 0 Å². The second kappa shape index (κ2) is 8.58. The maximum absolute atomic E-state index is 4.43. The van der Waals surface area contributed by atoms with Crippen LogP contribution in [-0.4, -0.2) is 0 Å². The maximum Gasteiger partial charge on any atom is -0.0152 e. The molecule has 0 nitrogen and oxygen atoms in total. The van der Waals surface area contributed by atoms with Crippen LogP contribution in [0.1, 0.15) is 61.8 Å². The van der Waals surface area contributed by atoms with Crippen molar-refractivity contribution in [2.24, 2.45) is 0 Å². The lowest BCUT2D eigenvalue weighted by atomic mass is 9.89. The smallest absolute Gasteiger partial charge is 0.0152 e. The van der Waals surface area contributed by atoms with E-state index in [0.29, 0.717) is 0 Å². The molecule has 2 rings (SSSR count). The lowest BCUT2D eigenvalue weighted by Gasteiger charge is -2.15. The van der Waals surface area contributed by atoms with Crippen molar-refractivity contribution in [2.75, 3.05) is 0 Å². The highest BCUT2D eigenvalue weighted by Gasteiger charge is 2.10. The topological polar surface area (TPSA) is 0 Å². The summed E-state index contributed by atoms with van der Waals surface area (Å²) in [6.45, 7) is 8.93. The molecule has 0 spiro atoms. The number of benzene rings is 2. The van der Waals surface area contributed by atoms with Crippen molar-refractivity contribution in [3.05, 3.63) is 77.4 Å². The van der Waals surface area contributed by atoms with Crippen LogP contribution in [0.15, 0.2) is 55.1 Å². The zero-order chi connectivity index (χ0) is 15.8. The fourth-order valence-electron chi connectivity index (χ4n) is 2.94. The molecule has 2 aromatic rings. The highest BCUT2D eigenvalue weighted by atomic mass is 14.1. The molecule has 0 bridgehead atoms. The number of aryl methyl sites for hydroxylation is 2. The summed E-state index contributed by atoms with van der Waals surface area (Å²) < 4.78 is 0. The normalized spacial score (nSPS) is 10.6. The lowest BCUT2D eigenvalue weighted by molar-refractivity contribution is 0.791. The first-order valence-electron chi connectivity index (χ1n) is 8.63. The van der Waals surface area contributed by atoms with Crippen LogP contribution in [0, 0.1) is 0 Å². The van der Waals surface area contributed by atoms with E-state index in [1.165, 1.54) is 53.5 Å². The van der Waals surface area contributed by atoms with Gasteiger partial charge in [0.1, 0.15) is 0 Å². The van der Waals surface area contributed by atoms with E-state index in [1.807, 2.05) is 0 Å². The van der Waals surface area contributed by atoms with Gasteiger partial charge in [-0.05, 0) is 53.5 Å². The molecule has 2 aromatic carbocycles. The van der Waals surface area contributed by atoms with E-state index >= 15 is 0 Å². The van der Waals surface area contributed by atoms with Crippen molar-refractivity contribution in [2.45, 2.75) is 52.4 Å². The van der Waals surface area contributed by atoms with Gasteiger partial charge in [-0.25, -0.2) is 0 Å². The molecule has 0 unspecified atom stereocenters. The summed E-state index contributed by atoms with van der Waals surface area (Å²) in [5.74, 6) is 0. The number of hydrogen-bond donors (Lipinski definition) is 0. The van der Waals surface area contributed by atoms with E-state index in [4.69, 9.17) is 0 Å². The predicted octanol–water partition coefficient (Wildman–Crippen LogP) is 6.43. The molecule has 0 atom stereocenters. The van der Waals surface area contributed by atoms with Crippen molar-refractivity contribution in [3.8, 4) is 0 Å². The van der Waals surface area contributed by atoms with Crippen LogP contribution >= 0.6 is 0 Å². The van der Waals surface area contributed by atoms with Gasteiger partial charge in [0.15, 0.2) is 0 Å². The van der Waals surface area contributed by atoms with Gasteiger partial charge in [-0.15, -0.1) is 0 Å². The summed E-state index contributed by atoms with van der Waals surface area (Å²) >= 11 is 0. The Bertz CT molecular complexity index is 553. The second-order valence-corrected chi connectivity index (χ2v) is 6.00. The van der Waals surface area contributed by atoms with Crippen molar-refractivity contribution in [3.63, 3.8) is 0 Å². The Labute approximate surface area is 135 Å². The van der Waals surface area contributed by atoms with Crippen molar-refractivity contribution < 1.29 is 0 Å². The third kappa shape index (κ3) is 4.10. The van der Waals surface area contributed by atoms with E-state index in [9.17, 15) is 0 Å². The van der Waals surface area contributed by atoms with Crippen LogP contribution < -0.4 is 0 Å². The Balaban J connectivity index is 2.32. The van der Waals surface area contributed by atoms with Crippen LogP contribution in [0.2, 0.25) is 0 Å². The second-order valence-electron chi connectivity index (χ2n) is 6.00. The fraction of sp³-hybridized carbons (Fsp3) is 0.364. The van der Waals surface area contributed by atoms with Crippen LogP contribution in [0.3, 0.4) is 0 Å². The third-order valence-corrected chi connectivity index (χ3v) is 4.28. The first-order valence-corrected chi connectivity index (χ1v) is 8.63. The van der Waals surface area contributed by atoms with Gasteiger partial charge in [-0.2, -0.15) is 0 Å². The minimum Gasteiger partial charge on any atom is -0.0905 e. The molecule has 0 aromatic heterocycles. The molecule has 0 fully saturated rings. The van der Waals surface area contributed by atoms with Gasteiger partial charge in [0.2, 0.25) is 0 Å². The molecule has 0 heterocycles. The van der Waals surface area contributed by atoms with Gasteiger partial charge in [0.25, 0.3) is 0 Å². The van der Waals surface area contributed by atoms with Crippen molar-refractivity contribution >= 4 is 5.57 Å². The van der Waals surface area contributed by atoms with Gasteiger partial charge in [-0.3, -0.25) is 0 Å². The summed E-state index contributed by atoms with van der Waals surface area (Å²) in [7, 11) is 0. The lowest BCUT2D eigenvalue weighted by Crippen LogP contribution is -1.98. The molecule has 0 amide bonds. The van der Waals surface area contributed by atoms with Crippen LogP contribution in [-0.2, 0) is 12.8 Å². The molecule has 0 saturated carbocycles. The number of unbranched alkanes of at least 4 members (excludes halogenated alkanes) is 2. The molecule has 0 radical (unpaired) electrons. The predicted molar refractivity (Wildman–Crippen MR) is 98.2 cm³/mol. The largest absolute Gasteiger partial charge is 0.0905 e. The summed E-state index contributed by atoms with van der Waals surface area (Å²) in [6, 6.07) is 17.5. The first-order chi connectivity index (χ1) is 10.8. The summed E-state index contributed by atoms with van der Waals surface area (Å²) in [5, 5.41) is 0. The Kier molecular flexibility index (Phi) is 6.45. The van der Waals surface area contributed by atoms with E-state index in [-0.39, 0.29) is 0 Å². The van der Waals surface area contributed by atoms with Crippen LogP contribution in [0.25, 0.3) is 5.57 Å². The number of rotatable bonds is 8. The zero-order valence-electron chi connectivity index (χ0n) is 14.1. The minimum atomic E-state index is 1.14. The molecule has 0 aliphatic heterocycles. The fourth-order valence-corrected chi connectivity index (χ4v) is 2.94. The first kappa shape index (κ1) is 16.5. The van der Waals surface area contributed by atoms with E-state index in [2.05, 4.69) is 69.0 Å². The Morgan fingerprint density at radius 1 is 0.727 bits per heavy atom. The molecule has 116 valence electrons. The van der Waals surface area contributed by atoms with Gasteiger partial charge >= 0.3 is 0 Å². The van der Waals surface area contributed by atoms with Crippen LogP contribution in [0.4, 0.5) is 0 Å². The average Bonchev–Trinajstić information content (AvgIpc) is 2.58. The van der Waals surface area contributed by atoms with Crippen molar-refractivity contribution in [1.29, 1.82) is 0 Å². The quantitative estimate of drug-likeness (QED) is 0.525. The molecule has 0 aliphatic carbocycles. The molecule has 0 saturated heterocycles. The third-order valence-electron chi connectivity index (χ3n) is 4.28. The van der Waals surface area contributed by atoms with Gasteiger partial charge in [0, 0.05) is 0 Å². The highest BCUT2D eigenvalue weighted by molar-refractivity contribution is 5.81. The maximum atomic E-state index is 4.43. The average molecular weight is 292 g/mol. The molecule has 22 heavy (non-hydrogen) atoms. The van der Waals surface area contributed by atoms with Crippen molar-refractivity contribution in [1.82, 2.24) is 0 Å². The van der Waals surface area contributed by atoms with Gasteiger partial charge < -0.3 is 0 Å². The minimum absolute atomic E-state index is 1.14. The van der Waals surface area contributed by atoms with Gasteiger partial charge in [-0.1, -0.05) is 81.8 Å². The summed E-state index contributed by atoms with van der Waals surface area (Å²) in [4.78, 5) is 0. The molecule has 0 heteroatoms. The molecular weight excluding hydrogens is 264 g/mol. The summed E-state index contributed by atoms with van der Waals surface area (Å²) in [5.41, 5.74) is 6.68. The van der Waals surface area contributed by atoms with E-state index < -0.39 is 0 Å².